The number of carbonyl (C=O) groups excluding carboxylic acids is 1. The van der Waals surface area contributed by atoms with Gasteiger partial charge in [0, 0.05) is 38.5 Å². The van der Waals surface area contributed by atoms with Crippen molar-refractivity contribution in [2.24, 2.45) is 0 Å². The molecule has 0 unspecified atom stereocenters. The van der Waals surface area contributed by atoms with Crippen LogP contribution in [0.5, 0.6) is 0 Å². The highest BCUT2D eigenvalue weighted by atomic mass is 32.2. The lowest BCUT2D eigenvalue weighted by Gasteiger charge is -2.16. The second-order valence-electron chi connectivity index (χ2n) is 6.82. The van der Waals surface area contributed by atoms with Gasteiger partial charge in [-0.2, -0.15) is 0 Å². The number of carbonyl (C=O) groups is 1. The second kappa shape index (κ2) is 6.71. The minimum Gasteiger partial charge on any atom is -0.374 e. The molecule has 1 saturated heterocycles. The number of hydrogen-bond acceptors (Lipinski definition) is 9. The molecule has 0 spiro atoms. The lowest BCUT2D eigenvalue weighted by molar-refractivity contribution is -0.143. The number of hydrogen-bond donors (Lipinski definition) is 1. The number of amides is 1. The minimum absolute atomic E-state index is 0.121. The number of aliphatic hydroxyl groups is 1. The van der Waals surface area contributed by atoms with Crippen LogP contribution in [0.2, 0.25) is 0 Å². The average Bonchev–Trinajstić information content (AvgIpc) is 3.30. The minimum atomic E-state index is -3.56. The molecule has 4 rings (SSSR count). The van der Waals surface area contributed by atoms with Crippen LogP contribution in [-0.2, 0) is 20.2 Å². The van der Waals surface area contributed by atoms with Crippen molar-refractivity contribution in [1.82, 2.24) is 25.0 Å². The highest BCUT2D eigenvalue weighted by Gasteiger charge is 2.47. The van der Waals surface area contributed by atoms with Crippen LogP contribution in [0.1, 0.15) is 12.1 Å². The average molecular weight is 415 g/mol. The summed E-state index contributed by atoms with van der Waals surface area (Å²) < 4.78 is 28.7. The molecular weight excluding hydrogens is 398 g/mol. The van der Waals surface area contributed by atoms with Gasteiger partial charge in [0.2, 0.25) is 15.0 Å². The highest BCUT2D eigenvalue weighted by Crippen LogP contribution is 2.34. The maximum Gasteiger partial charge on any atom is 0.260 e. The summed E-state index contributed by atoms with van der Waals surface area (Å²) in [5, 5.41) is 14.3. The van der Waals surface area contributed by atoms with Crippen LogP contribution in [0.25, 0.3) is 22.8 Å². The number of likely N-dealkylation sites (N-methyl/N-ethyl adjacent to an activating group) is 1. The van der Waals surface area contributed by atoms with Crippen molar-refractivity contribution in [3.63, 3.8) is 0 Å². The molecule has 10 nitrogen and oxygen atoms in total. The number of aromatic nitrogens is 4. The van der Waals surface area contributed by atoms with E-state index in [1.165, 1.54) is 17.2 Å². The third kappa shape index (κ3) is 3.38. The molecule has 1 aliphatic rings. The first kappa shape index (κ1) is 19.2. The van der Waals surface area contributed by atoms with E-state index in [9.17, 15) is 18.3 Å². The first-order chi connectivity index (χ1) is 13.7. The Hall–Kier alpha value is -3.18. The van der Waals surface area contributed by atoms with Crippen molar-refractivity contribution in [3.05, 3.63) is 42.2 Å². The molecule has 150 valence electrons. The van der Waals surface area contributed by atoms with Gasteiger partial charge in [-0.25, -0.2) is 23.4 Å². The predicted octanol–water partition coefficient (Wildman–Crippen LogP) is 0.647. The van der Waals surface area contributed by atoms with E-state index in [4.69, 9.17) is 4.52 Å². The Morgan fingerprint density at radius 2 is 1.90 bits per heavy atom. The summed E-state index contributed by atoms with van der Waals surface area (Å²) in [6.45, 7) is 0.418. The van der Waals surface area contributed by atoms with Crippen LogP contribution < -0.4 is 0 Å². The summed E-state index contributed by atoms with van der Waals surface area (Å²) in [5.74, 6) is -0.177. The fourth-order valence-corrected chi connectivity index (χ4v) is 3.58. The summed E-state index contributed by atoms with van der Waals surface area (Å²) in [4.78, 5) is 25.9. The molecule has 3 aromatic heterocycles. The van der Waals surface area contributed by atoms with Gasteiger partial charge in [0.25, 0.3) is 5.91 Å². The van der Waals surface area contributed by atoms with Gasteiger partial charge >= 0.3 is 0 Å². The van der Waals surface area contributed by atoms with E-state index < -0.39 is 21.3 Å². The van der Waals surface area contributed by atoms with Crippen molar-refractivity contribution >= 4 is 15.7 Å². The normalized spacial score (nSPS) is 19.7. The largest absolute Gasteiger partial charge is 0.374 e. The van der Waals surface area contributed by atoms with Crippen molar-refractivity contribution in [2.75, 3.05) is 19.8 Å². The molecule has 1 amide bonds. The van der Waals surface area contributed by atoms with Crippen LogP contribution in [0, 0.1) is 0 Å². The van der Waals surface area contributed by atoms with Gasteiger partial charge in [-0.3, -0.25) is 4.79 Å². The van der Waals surface area contributed by atoms with Crippen molar-refractivity contribution in [1.29, 1.82) is 0 Å². The van der Waals surface area contributed by atoms with Gasteiger partial charge in [0.15, 0.2) is 11.4 Å². The highest BCUT2D eigenvalue weighted by molar-refractivity contribution is 7.90. The Morgan fingerprint density at radius 3 is 2.59 bits per heavy atom. The molecule has 1 atom stereocenters. The maximum absolute atomic E-state index is 12.2. The monoisotopic (exact) mass is 415 g/mol. The SMILES string of the molecule is CN1CC[C@@](O)(c2cc(-c3cccc(-c4ccnc(S(C)(=O)=O)n4)n3)on2)C1=O. The van der Waals surface area contributed by atoms with E-state index >= 15 is 0 Å². The fraction of sp³-hybridized carbons (Fsp3) is 0.278. The zero-order valence-corrected chi connectivity index (χ0v) is 16.4. The standard InChI is InChI=1S/C18H17N5O5S/c1-23-9-7-18(25,16(23)24)15-10-14(28-22-15)13-5-3-4-11(20-13)12-6-8-19-17(21-12)29(2,26)27/h3-6,8,10,25H,7,9H2,1-2H3/t18-/m1/s1. The van der Waals surface area contributed by atoms with E-state index in [0.717, 1.165) is 6.26 Å². The molecule has 29 heavy (non-hydrogen) atoms. The fourth-order valence-electron chi connectivity index (χ4n) is 3.06. The molecule has 1 N–H and O–H groups in total. The number of likely N-dealkylation sites (tertiary alicyclic amines) is 1. The molecule has 0 saturated carbocycles. The Bertz CT molecular complexity index is 1210. The molecule has 3 aromatic rings. The molecule has 0 aromatic carbocycles. The predicted molar refractivity (Wildman–Crippen MR) is 100 cm³/mol. The van der Waals surface area contributed by atoms with E-state index in [1.807, 2.05) is 0 Å². The van der Waals surface area contributed by atoms with Crippen molar-refractivity contribution in [2.45, 2.75) is 17.2 Å². The zero-order chi connectivity index (χ0) is 20.8. The summed E-state index contributed by atoms with van der Waals surface area (Å²) in [5.41, 5.74) is -0.472. The van der Waals surface area contributed by atoms with Gasteiger partial charge in [0.05, 0.1) is 11.4 Å². The lowest BCUT2D eigenvalue weighted by atomic mass is 9.97. The van der Waals surface area contributed by atoms with Gasteiger partial charge in [0.1, 0.15) is 11.4 Å². The first-order valence-electron chi connectivity index (χ1n) is 8.64. The Labute approximate surface area is 166 Å². The molecule has 0 radical (unpaired) electrons. The molecule has 1 fully saturated rings. The van der Waals surface area contributed by atoms with Gasteiger partial charge in [-0.05, 0) is 18.2 Å². The van der Waals surface area contributed by atoms with Crippen LogP contribution in [0.3, 0.4) is 0 Å². The van der Waals surface area contributed by atoms with Gasteiger partial charge in [-0.1, -0.05) is 11.2 Å². The topological polar surface area (TPSA) is 139 Å². The Morgan fingerprint density at radius 1 is 1.17 bits per heavy atom. The summed E-state index contributed by atoms with van der Waals surface area (Å²) >= 11 is 0. The molecule has 11 heteroatoms. The van der Waals surface area contributed by atoms with E-state index in [2.05, 4.69) is 20.1 Å². The number of sulfone groups is 1. The van der Waals surface area contributed by atoms with Gasteiger partial charge in [-0.15, -0.1) is 0 Å². The van der Waals surface area contributed by atoms with E-state index in [0.29, 0.717) is 23.6 Å². The molecule has 4 heterocycles. The van der Waals surface area contributed by atoms with Crippen molar-refractivity contribution in [3.8, 4) is 22.8 Å². The van der Waals surface area contributed by atoms with E-state index in [-0.39, 0.29) is 23.0 Å². The Balaban J connectivity index is 1.69. The van der Waals surface area contributed by atoms with Crippen molar-refractivity contribution < 1.29 is 22.8 Å². The smallest absolute Gasteiger partial charge is 0.260 e. The van der Waals surface area contributed by atoms with Crippen LogP contribution in [0.4, 0.5) is 0 Å². The van der Waals surface area contributed by atoms with Crippen LogP contribution in [-0.4, -0.2) is 64.3 Å². The molecule has 0 bridgehead atoms. The Kier molecular flexibility index (Phi) is 4.43. The lowest BCUT2D eigenvalue weighted by Crippen LogP contribution is -2.36. The summed E-state index contributed by atoms with van der Waals surface area (Å²) in [6.07, 6.45) is 2.59. The quantitative estimate of drug-likeness (QED) is 0.608. The number of rotatable bonds is 4. The third-order valence-corrected chi connectivity index (χ3v) is 5.53. The van der Waals surface area contributed by atoms with E-state index in [1.54, 1.807) is 31.3 Å². The number of pyridine rings is 1. The summed E-state index contributed by atoms with van der Waals surface area (Å²) in [6, 6.07) is 8.05. The first-order valence-corrected chi connectivity index (χ1v) is 10.5. The van der Waals surface area contributed by atoms with Crippen LogP contribution in [0.15, 0.2) is 46.2 Å². The van der Waals surface area contributed by atoms with Gasteiger partial charge < -0.3 is 14.5 Å². The van der Waals surface area contributed by atoms with Crippen LogP contribution >= 0.6 is 0 Å². The maximum atomic E-state index is 12.2. The molecule has 1 aliphatic heterocycles. The third-order valence-electron chi connectivity index (χ3n) is 4.67. The second-order valence-corrected chi connectivity index (χ2v) is 8.73. The molecule has 0 aliphatic carbocycles. The molecular formula is C18H17N5O5S. The number of nitrogens with zero attached hydrogens (tertiary/aromatic N) is 5. The zero-order valence-electron chi connectivity index (χ0n) is 15.6. The summed E-state index contributed by atoms with van der Waals surface area (Å²) in [7, 11) is -1.95.